The van der Waals surface area contributed by atoms with E-state index in [-0.39, 0.29) is 5.56 Å². The molecule has 0 amide bonds. The molecule has 2 aromatic carbocycles. The van der Waals surface area contributed by atoms with E-state index in [9.17, 15) is 9.90 Å². The van der Waals surface area contributed by atoms with Crippen LogP contribution in [0.5, 0.6) is 0 Å². The van der Waals surface area contributed by atoms with Crippen molar-refractivity contribution in [2.45, 2.75) is 13.8 Å². The summed E-state index contributed by atoms with van der Waals surface area (Å²) in [5.41, 5.74) is 9.12. The first-order valence-corrected chi connectivity index (χ1v) is 6.50. The van der Waals surface area contributed by atoms with Crippen molar-refractivity contribution in [2.75, 3.05) is 17.2 Å². The predicted molar refractivity (Wildman–Crippen MR) is 81.7 cm³/mol. The zero-order valence-corrected chi connectivity index (χ0v) is 11.6. The topological polar surface area (TPSA) is 66.6 Å². The minimum Gasteiger partial charge on any atom is -0.478 e. The van der Waals surface area contributed by atoms with Crippen LogP contribution in [-0.2, 0) is 0 Å². The average molecular weight is 270 g/mol. The van der Waals surface area contributed by atoms with Gasteiger partial charge in [-0.15, -0.1) is 0 Å². The smallest absolute Gasteiger partial charge is 0.337 e. The molecule has 3 N–H and O–H groups in total. The zero-order chi connectivity index (χ0) is 14.7. The molecule has 0 heterocycles. The Labute approximate surface area is 118 Å². The van der Waals surface area contributed by atoms with Crippen molar-refractivity contribution in [3.05, 3.63) is 53.6 Å². The Bertz CT molecular complexity index is 638. The van der Waals surface area contributed by atoms with Crippen LogP contribution in [0.15, 0.2) is 42.5 Å². The van der Waals surface area contributed by atoms with Gasteiger partial charge in [0.1, 0.15) is 0 Å². The molecule has 0 atom stereocenters. The first kappa shape index (κ1) is 13.9. The van der Waals surface area contributed by atoms with Crippen molar-refractivity contribution in [1.29, 1.82) is 0 Å². The molecule has 0 saturated heterocycles. The molecular formula is C16H18N2O2. The third-order valence-corrected chi connectivity index (χ3v) is 3.26. The Morgan fingerprint density at radius 2 is 1.90 bits per heavy atom. The second-order valence-corrected chi connectivity index (χ2v) is 4.61. The number of anilines is 3. The van der Waals surface area contributed by atoms with Gasteiger partial charge in [0.2, 0.25) is 0 Å². The fourth-order valence-corrected chi connectivity index (χ4v) is 2.30. The van der Waals surface area contributed by atoms with E-state index < -0.39 is 5.97 Å². The number of benzene rings is 2. The lowest BCUT2D eigenvalue weighted by Crippen LogP contribution is -2.20. The summed E-state index contributed by atoms with van der Waals surface area (Å²) in [4.78, 5) is 13.4. The van der Waals surface area contributed by atoms with Gasteiger partial charge < -0.3 is 15.7 Å². The number of rotatable bonds is 4. The summed E-state index contributed by atoms with van der Waals surface area (Å²) < 4.78 is 0. The number of hydrogen-bond acceptors (Lipinski definition) is 3. The van der Waals surface area contributed by atoms with Gasteiger partial charge in [-0.1, -0.05) is 18.2 Å². The summed E-state index contributed by atoms with van der Waals surface area (Å²) in [5, 5.41) is 9.37. The van der Waals surface area contributed by atoms with Gasteiger partial charge in [-0.2, -0.15) is 0 Å². The number of nitrogens with two attached hydrogens (primary N) is 1. The molecule has 0 spiro atoms. The van der Waals surface area contributed by atoms with Crippen LogP contribution in [-0.4, -0.2) is 17.6 Å². The molecule has 4 nitrogen and oxygen atoms in total. The second kappa shape index (κ2) is 5.65. The number of nitrogen functional groups attached to an aromatic ring is 1. The summed E-state index contributed by atoms with van der Waals surface area (Å²) in [6.07, 6.45) is 0. The van der Waals surface area contributed by atoms with Crippen LogP contribution in [0.25, 0.3) is 0 Å². The highest BCUT2D eigenvalue weighted by molar-refractivity contribution is 5.96. The molecule has 0 unspecified atom stereocenters. The number of nitrogens with zero attached hydrogens (tertiary/aromatic N) is 1. The van der Waals surface area contributed by atoms with Crippen LogP contribution in [0.3, 0.4) is 0 Å². The van der Waals surface area contributed by atoms with Gasteiger partial charge >= 0.3 is 5.97 Å². The summed E-state index contributed by atoms with van der Waals surface area (Å²) in [7, 11) is 0. The van der Waals surface area contributed by atoms with E-state index in [1.165, 1.54) is 6.07 Å². The molecule has 0 fully saturated rings. The normalized spacial score (nSPS) is 10.3. The molecule has 0 aliphatic carbocycles. The Hall–Kier alpha value is -2.49. The molecule has 20 heavy (non-hydrogen) atoms. The molecule has 4 heteroatoms. The molecule has 0 radical (unpaired) electrons. The minimum absolute atomic E-state index is 0.218. The van der Waals surface area contributed by atoms with Gasteiger partial charge in [0.15, 0.2) is 0 Å². The Morgan fingerprint density at radius 1 is 1.20 bits per heavy atom. The molecular weight excluding hydrogens is 252 g/mol. The predicted octanol–water partition coefficient (Wildman–Crippen LogP) is 3.43. The standard InChI is InChI=1S/C16H18N2O2/c1-3-18(14-7-5-4-6-11(14)2)15-9-8-12(17)10-13(15)16(19)20/h4-10H,3,17H2,1-2H3,(H,19,20). The monoisotopic (exact) mass is 270 g/mol. The van der Waals surface area contributed by atoms with Gasteiger partial charge in [-0.3, -0.25) is 0 Å². The van der Waals surface area contributed by atoms with E-state index in [0.717, 1.165) is 11.3 Å². The van der Waals surface area contributed by atoms with E-state index in [0.29, 0.717) is 17.9 Å². The van der Waals surface area contributed by atoms with Crippen molar-refractivity contribution < 1.29 is 9.90 Å². The lowest BCUT2D eigenvalue weighted by molar-refractivity contribution is 0.0697. The van der Waals surface area contributed by atoms with E-state index in [2.05, 4.69) is 0 Å². The average Bonchev–Trinajstić information content (AvgIpc) is 2.42. The van der Waals surface area contributed by atoms with Gasteiger partial charge in [0.25, 0.3) is 0 Å². The Balaban J connectivity index is 2.58. The van der Waals surface area contributed by atoms with E-state index in [1.807, 2.05) is 43.0 Å². The Morgan fingerprint density at radius 3 is 2.50 bits per heavy atom. The van der Waals surface area contributed by atoms with Gasteiger partial charge in [-0.25, -0.2) is 4.79 Å². The highest BCUT2D eigenvalue weighted by Crippen LogP contribution is 2.31. The van der Waals surface area contributed by atoms with Gasteiger partial charge in [0, 0.05) is 17.9 Å². The van der Waals surface area contributed by atoms with Crippen molar-refractivity contribution in [1.82, 2.24) is 0 Å². The number of aryl methyl sites for hydroxylation is 1. The maximum Gasteiger partial charge on any atom is 0.337 e. The molecule has 0 aliphatic heterocycles. The van der Waals surface area contributed by atoms with Crippen LogP contribution >= 0.6 is 0 Å². The van der Waals surface area contributed by atoms with Crippen LogP contribution in [0.4, 0.5) is 17.1 Å². The molecule has 0 aromatic heterocycles. The zero-order valence-electron chi connectivity index (χ0n) is 11.6. The first-order chi connectivity index (χ1) is 9.54. The number of carbonyl (C=O) groups is 1. The maximum atomic E-state index is 11.4. The molecule has 2 rings (SSSR count). The summed E-state index contributed by atoms with van der Waals surface area (Å²) in [6, 6.07) is 12.9. The van der Waals surface area contributed by atoms with E-state index in [1.54, 1.807) is 12.1 Å². The largest absolute Gasteiger partial charge is 0.478 e. The first-order valence-electron chi connectivity index (χ1n) is 6.50. The maximum absolute atomic E-state index is 11.4. The lowest BCUT2D eigenvalue weighted by Gasteiger charge is -2.26. The number of carboxylic acid groups (broad SMARTS) is 1. The SMILES string of the molecule is CCN(c1ccccc1C)c1ccc(N)cc1C(=O)O. The van der Waals surface area contributed by atoms with Gasteiger partial charge in [-0.05, 0) is 43.7 Å². The Kier molecular flexibility index (Phi) is 3.94. The summed E-state index contributed by atoms with van der Waals surface area (Å²) in [6.45, 7) is 4.68. The quantitative estimate of drug-likeness (QED) is 0.835. The van der Waals surface area contributed by atoms with Crippen LogP contribution in [0.2, 0.25) is 0 Å². The number of hydrogen-bond donors (Lipinski definition) is 2. The highest BCUT2D eigenvalue weighted by Gasteiger charge is 2.17. The lowest BCUT2D eigenvalue weighted by atomic mass is 10.1. The summed E-state index contributed by atoms with van der Waals surface area (Å²) in [5.74, 6) is -0.973. The molecule has 0 saturated carbocycles. The van der Waals surface area contributed by atoms with Crippen molar-refractivity contribution in [3.8, 4) is 0 Å². The fourth-order valence-electron chi connectivity index (χ4n) is 2.30. The van der Waals surface area contributed by atoms with Crippen molar-refractivity contribution in [2.24, 2.45) is 0 Å². The van der Waals surface area contributed by atoms with E-state index in [4.69, 9.17) is 5.73 Å². The van der Waals surface area contributed by atoms with Crippen LogP contribution in [0.1, 0.15) is 22.8 Å². The van der Waals surface area contributed by atoms with Crippen molar-refractivity contribution in [3.63, 3.8) is 0 Å². The van der Waals surface area contributed by atoms with Crippen LogP contribution in [0, 0.1) is 6.92 Å². The number of para-hydroxylation sites is 1. The number of aromatic carboxylic acids is 1. The second-order valence-electron chi connectivity index (χ2n) is 4.61. The number of carboxylic acids is 1. The van der Waals surface area contributed by atoms with Crippen LogP contribution < -0.4 is 10.6 Å². The third-order valence-electron chi connectivity index (χ3n) is 3.26. The molecule has 2 aromatic rings. The highest BCUT2D eigenvalue weighted by atomic mass is 16.4. The van der Waals surface area contributed by atoms with Crippen molar-refractivity contribution >= 4 is 23.0 Å². The van der Waals surface area contributed by atoms with Gasteiger partial charge in [0.05, 0.1) is 11.3 Å². The minimum atomic E-state index is -0.973. The fraction of sp³-hybridized carbons (Fsp3) is 0.188. The third kappa shape index (κ3) is 2.59. The summed E-state index contributed by atoms with van der Waals surface area (Å²) >= 11 is 0. The molecule has 0 bridgehead atoms. The molecule has 0 aliphatic rings. The molecule has 104 valence electrons. The van der Waals surface area contributed by atoms with E-state index >= 15 is 0 Å².